The molecule has 2 aromatic rings. The predicted octanol–water partition coefficient (Wildman–Crippen LogP) is 0.953. The van der Waals surface area contributed by atoms with Crippen molar-refractivity contribution in [3.8, 4) is 0 Å². The SMILES string of the molecule is O=C(CCCn1nnnc1CN1CCOCC1)N1CCCC[C@@H]1CCn1cccn1. The minimum Gasteiger partial charge on any atom is -0.379 e. The lowest BCUT2D eigenvalue weighted by Gasteiger charge is -2.36. The van der Waals surface area contributed by atoms with Gasteiger partial charge < -0.3 is 9.64 Å². The van der Waals surface area contributed by atoms with E-state index in [1.54, 1.807) is 6.20 Å². The van der Waals surface area contributed by atoms with Gasteiger partial charge in [-0.15, -0.1) is 5.10 Å². The number of aryl methyl sites for hydroxylation is 2. The van der Waals surface area contributed by atoms with Gasteiger partial charge in [-0.2, -0.15) is 5.10 Å². The van der Waals surface area contributed by atoms with Gasteiger partial charge in [-0.1, -0.05) is 0 Å². The molecule has 0 spiro atoms. The number of hydrogen-bond donors (Lipinski definition) is 0. The highest BCUT2D eigenvalue weighted by molar-refractivity contribution is 5.76. The van der Waals surface area contributed by atoms with E-state index < -0.39 is 0 Å². The van der Waals surface area contributed by atoms with Gasteiger partial charge in [0.25, 0.3) is 0 Å². The number of tetrazole rings is 1. The molecule has 2 aliphatic heterocycles. The molecule has 10 nitrogen and oxygen atoms in total. The van der Waals surface area contributed by atoms with Crippen molar-refractivity contribution in [2.75, 3.05) is 32.8 Å². The Morgan fingerprint density at radius 2 is 2.07 bits per heavy atom. The van der Waals surface area contributed by atoms with E-state index in [1.165, 1.54) is 6.42 Å². The molecule has 10 heteroatoms. The third-order valence-electron chi connectivity index (χ3n) is 6.03. The Morgan fingerprint density at radius 3 is 2.90 bits per heavy atom. The second kappa shape index (κ2) is 10.6. The zero-order chi connectivity index (χ0) is 20.6. The summed E-state index contributed by atoms with van der Waals surface area (Å²) in [6, 6.07) is 2.26. The van der Waals surface area contributed by atoms with Gasteiger partial charge in [0.2, 0.25) is 5.91 Å². The highest BCUT2D eigenvalue weighted by Gasteiger charge is 2.26. The largest absolute Gasteiger partial charge is 0.379 e. The molecule has 4 rings (SSSR count). The van der Waals surface area contributed by atoms with Crippen LogP contribution in [0.2, 0.25) is 0 Å². The number of aromatic nitrogens is 6. The van der Waals surface area contributed by atoms with Crippen LogP contribution in [0.15, 0.2) is 18.5 Å². The van der Waals surface area contributed by atoms with Crippen LogP contribution in [0.1, 0.15) is 44.3 Å². The van der Waals surface area contributed by atoms with Gasteiger partial charge in [-0.25, -0.2) is 4.68 Å². The van der Waals surface area contributed by atoms with Gasteiger partial charge in [0.05, 0.1) is 19.8 Å². The van der Waals surface area contributed by atoms with E-state index in [2.05, 4.69) is 30.4 Å². The van der Waals surface area contributed by atoms with Gasteiger partial charge in [0.1, 0.15) is 0 Å². The van der Waals surface area contributed by atoms with Gasteiger partial charge in [0, 0.05) is 57.6 Å². The molecular weight excluding hydrogens is 384 g/mol. The Bertz CT molecular complexity index is 772. The maximum atomic E-state index is 12.9. The number of morpholine rings is 1. The Kier molecular flexibility index (Phi) is 7.41. The second-order valence-electron chi connectivity index (χ2n) is 8.10. The zero-order valence-electron chi connectivity index (χ0n) is 17.6. The van der Waals surface area contributed by atoms with Crippen LogP contribution in [-0.4, -0.2) is 84.6 Å². The molecule has 0 N–H and O–H groups in total. The average Bonchev–Trinajstić information content (AvgIpc) is 3.45. The summed E-state index contributed by atoms with van der Waals surface area (Å²) in [6.07, 6.45) is 9.42. The fourth-order valence-electron chi connectivity index (χ4n) is 4.34. The summed E-state index contributed by atoms with van der Waals surface area (Å²) in [5.41, 5.74) is 0. The summed E-state index contributed by atoms with van der Waals surface area (Å²) in [5, 5.41) is 16.4. The quantitative estimate of drug-likeness (QED) is 0.601. The summed E-state index contributed by atoms with van der Waals surface area (Å²) >= 11 is 0. The fourth-order valence-corrected chi connectivity index (χ4v) is 4.34. The summed E-state index contributed by atoms with van der Waals surface area (Å²) in [5.74, 6) is 1.11. The highest BCUT2D eigenvalue weighted by atomic mass is 16.5. The number of carbonyl (C=O) groups excluding carboxylic acids is 1. The molecule has 2 aromatic heterocycles. The van der Waals surface area contributed by atoms with Crippen molar-refractivity contribution in [3.05, 3.63) is 24.3 Å². The minimum atomic E-state index is 0.253. The van der Waals surface area contributed by atoms with Crippen LogP contribution in [0.4, 0.5) is 0 Å². The van der Waals surface area contributed by atoms with Crippen molar-refractivity contribution in [1.82, 2.24) is 39.8 Å². The van der Waals surface area contributed by atoms with Crippen molar-refractivity contribution < 1.29 is 9.53 Å². The van der Waals surface area contributed by atoms with Crippen molar-refractivity contribution in [2.24, 2.45) is 0 Å². The molecule has 4 heterocycles. The molecular formula is C20H32N8O2. The monoisotopic (exact) mass is 416 g/mol. The summed E-state index contributed by atoms with van der Waals surface area (Å²) in [4.78, 5) is 17.3. The number of hydrogen-bond acceptors (Lipinski definition) is 7. The first-order chi connectivity index (χ1) is 14.8. The minimum absolute atomic E-state index is 0.253. The lowest BCUT2D eigenvalue weighted by molar-refractivity contribution is -0.135. The normalized spacial score (nSPS) is 20.5. The molecule has 0 radical (unpaired) electrons. The standard InChI is InChI=1S/C20H32N8O2/c29-20(27-10-2-1-5-18(27)7-12-26-9-4-8-21-26)6-3-11-28-19(22-23-24-28)17-25-13-15-30-16-14-25/h4,8-9,18H,1-3,5-7,10-17H2/t18-/m1/s1. The van der Waals surface area contributed by atoms with Crippen LogP contribution in [-0.2, 0) is 29.2 Å². The number of amides is 1. The van der Waals surface area contributed by atoms with Crippen LogP contribution in [0.5, 0.6) is 0 Å². The molecule has 2 saturated heterocycles. The first-order valence-electron chi connectivity index (χ1n) is 11.1. The molecule has 30 heavy (non-hydrogen) atoms. The highest BCUT2D eigenvalue weighted by Crippen LogP contribution is 2.21. The number of likely N-dealkylation sites (tertiary alicyclic amines) is 1. The topological polar surface area (TPSA) is 94.2 Å². The van der Waals surface area contributed by atoms with Crippen LogP contribution < -0.4 is 0 Å². The molecule has 2 fully saturated rings. The van der Waals surface area contributed by atoms with Crippen molar-refractivity contribution in [1.29, 1.82) is 0 Å². The summed E-state index contributed by atoms with van der Waals surface area (Å²) in [7, 11) is 0. The molecule has 1 atom stereocenters. The van der Waals surface area contributed by atoms with Gasteiger partial charge in [-0.05, 0) is 48.6 Å². The molecule has 0 saturated carbocycles. The van der Waals surface area contributed by atoms with Gasteiger partial charge >= 0.3 is 0 Å². The zero-order valence-corrected chi connectivity index (χ0v) is 17.6. The van der Waals surface area contributed by atoms with E-state index in [9.17, 15) is 4.79 Å². The molecule has 0 aliphatic carbocycles. The lowest BCUT2D eigenvalue weighted by Crippen LogP contribution is -2.44. The first kappa shape index (κ1) is 20.9. The first-order valence-corrected chi connectivity index (χ1v) is 11.1. The third-order valence-corrected chi connectivity index (χ3v) is 6.03. The Balaban J connectivity index is 1.24. The van der Waals surface area contributed by atoms with E-state index in [-0.39, 0.29) is 5.91 Å². The van der Waals surface area contributed by atoms with Crippen molar-refractivity contribution >= 4 is 5.91 Å². The predicted molar refractivity (Wildman–Crippen MR) is 109 cm³/mol. The lowest BCUT2D eigenvalue weighted by atomic mass is 9.98. The average molecular weight is 417 g/mol. The van der Waals surface area contributed by atoms with Crippen LogP contribution in [0, 0.1) is 0 Å². The smallest absolute Gasteiger partial charge is 0.222 e. The van der Waals surface area contributed by atoms with E-state index >= 15 is 0 Å². The van der Waals surface area contributed by atoms with Gasteiger partial charge in [0.15, 0.2) is 5.82 Å². The Morgan fingerprint density at radius 1 is 1.17 bits per heavy atom. The molecule has 1 amide bonds. The van der Waals surface area contributed by atoms with Crippen molar-refractivity contribution in [2.45, 2.75) is 64.2 Å². The van der Waals surface area contributed by atoms with Crippen LogP contribution >= 0.6 is 0 Å². The molecule has 0 aromatic carbocycles. The van der Waals surface area contributed by atoms with Crippen LogP contribution in [0.25, 0.3) is 0 Å². The van der Waals surface area contributed by atoms with E-state index in [4.69, 9.17) is 4.74 Å². The molecule has 2 aliphatic rings. The number of carbonyl (C=O) groups is 1. The maximum absolute atomic E-state index is 12.9. The summed E-state index contributed by atoms with van der Waals surface area (Å²) in [6.45, 7) is 6.45. The number of piperidine rings is 1. The van der Waals surface area contributed by atoms with E-state index in [1.807, 2.05) is 21.6 Å². The Labute approximate surface area is 177 Å². The Hall–Kier alpha value is -2.33. The summed E-state index contributed by atoms with van der Waals surface area (Å²) < 4.78 is 9.19. The molecule has 164 valence electrons. The van der Waals surface area contributed by atoms with E-state index in [0.717, 1.165) is 77.4 Å². The second-order valence-corrected chi connectivity index (χ2v) is 8.10. The number of rotatable bonds is 9. The molecule has 0 unspecified atom stereocenters. The van der Waals surface area contributed by atoms with Crippen LogP contribution in [0.3, 0.4) is 0 Å². The maximum Gasteiger partial charge on any atom is 0.222 e. The third kappa shape index (κ3) is 5.63. The molecule has 0 bridgehead atoms. The van der Waals surface area contributed by atoms with Crippen molar-refractivity contribution in [3.63, 3.8) is 0 Å². The van der Waals surface area contributed by atoms with E-state index in [0.29, 0.717) is 19.0 Å². The number of ether oxygens (including phenoxy) is 1. The van der Waals surface area contributed by atoms with Gasteiger partial charge in [-0.3, -0.25) is 14.4 Å². The number of nitrogens with zero attached hydrogens (tertiary/aromatic N) is 8. The fraction of sp³-hybridized carbons (Fsp3) is 0.750.